The summed E-state index contributed by atoms with van der Waals surface area (Å²) in [5.41, 5.74) is 1.93. The van der Waals surface area contributed by atoms with E-state index in [-0.39, 0.29) is 23.8 Å². The highest BCUT2D eigenvalue weighted by Crippen LogP contribution is 2.36. The summed E-state index contributed by atoms with van der Waals surface area (Å²) < 4.78 is 0. The van der Waals surface area contributed by atoms with Crippen LogP contribution in [0.2, 0.25) is 0 Å². The molecule has 0 bridgehead atoms. The Morgan fingerprint density at radius 3 is 2.48 bits per heavy atom. The van der Waals surface area contributed by atoms with Crippen LogP contribution in [0, 0.1) is 10.1 Å². The van der Waals surface area contributed by atoms with E-state index >= 15 is 0 Å². The van der Waals surface area contributed by atoms with Gasteiger partial charge in [-0.05, 0) is 37.0 Å². The van der Waals surface area contributed by atoms with Crippen molar-refractivity contribution in [2.24, 2.45) is 0 Å². The number of benzene rings is 2. The molecule has 2 aliphatic heterocycles. The van der Waals surface area contributed by atoms with E-state index in [0.717, 1.165) is 30.6 Å². The van der Waals surface area contributed by atoms with Crippen molar-refractivity contribution in [3.8, 4) is 0 Å². The van der Waals surface area contributed by atoms with Crippen LogP contribution in [0.3, 0.4) is 0 Å². The minimum Gasteiger partial charge on any atom is -0.295 e. The predicted octanol–water partition coefficient (Wildman–Crippen LogP) is 2.97. The molecule has 2 unspecified atom stereocenters. The van der Waals surface area contributed by atoms with E-state index in [2.05, 4.69) is 4.90 Å². The quantitative estimate of drug-likeness (QED) is 0.635. The summed E-state index contributed by atoms with van der Waals surface area (Å²) >= 11 is 0. The van der Waals surface area contributed by atoms with Crippen LogP contribution >= 0.6 is 0 Å². The Hall–Kier alpha value is -2.73. The lowest BCUT2D eigenvalue weighted by Gasteiger charge is -2.24. The van der Waals surface area contributed by atoms with Crippen LogP contribution in [0.4, 0.5) is 11.4 Å². The van der Waals surface area contributed by atoms with E-state index in [1.807, 2.05) is 35.2 Å². The van der Waals surface area contributed by atoms with Crippen molar-refractivity contribution in [1.29, 1.82) is 0 Å². The van der Waals surface area contributed by atoms with Gasteiger partial charge in [-0.3, -0.25) is 24.7 Å². The van der Waals surface area contributed by atoms with Gasteiger partial charge < -0.3 is 0 Å². The Labute approximate surface area is 145 Å². The third-order valence-corrected chi connectivity index (χ3v) is 5.09. The number of carbonyl (C=O) groups excluding carboxylic acids is 1. The Bertz CT molecular complexity index is 791. The van der Waals surface area contributed by atoms with E-state index < -0.39 is 4.92 Å². The molecule has 6 heteroatoms. The lowest BCUT2D eigenvalue weighted by Crippen LogP contribution is -2.36. The Morgan fingerprint density at radius 1 is 1.08 bits per heavy atom. The molecule has 2 fully saturated rings. The van der Waals surface area contributed by atoms with Gasteiger partial charge in [0.1, 0.15) is 0 Å². The van der Waals surface area contributed by atoms with Crippen LogP contribution in [0.5, 0.6) is 0 Å². The molecule has 0 radical (unpaired) electrons. The van der Waals surface area contributed by atoms with Gasteiger partial charge in [0.05, 0.1) is 17.1 Å². The van der Waals surface area contributed by atoms with Gasteiger partial charge in [0.2, 0.25) is 5.91 Å². The topological polar surface area (TPSA) is 66.7 Å². The van der Waals surface area contributed by atoms with E-state index in [4.69, 9.17) is 0 Å². The number of amides is 1. The molecule has 6 nitrogen and oxygen atoms in total. The molecule has 2 aromatic rings. The molecule has 2 aliphatic rings. The standard InChI is InChI=1S/C19H19N3O3/c23-19-17(13-14-5-2-1-3-6-14)20-12-4-7-18(20)21(19)15-8-10-16(11-9-15)22(24)25/h1-3,5-6,8-11,17-18H,4,7,12-13H2. The number of nitro groups is 1. The van der Waals surface area contributed by atoms with Crippen molar-refractivity contribution in [3.63, 3.8) is 0 Å². The summed E-state index contributed by atoms with van der Waals surface area (Å²) in [4.78, 5) is 27.6. The van der Waals surface area contributed by atoms with Gasteiger partial charge in [0.15, 0.2) is 0 Å². The van der Waals surface area contributed by atoms with E-state index in [1.54, 1.807) is 12.1 Å². The molecule has 1 amide bonds. The van der Waals surface area contributed by atoms with Gasteiger partial charge in [0.25, 0.3) is 5.69 Å². The molecule has 2 aromatic carbocycles. The fraction of sp³-hybridized carbons (Fsp3) is 0.316. The molecule has 0 N–H and O–H groups in total. The lowest BCUT2D eigenvalue weighted by molar-refractivity contribution is -0.384. The molecular formula is C19H19N3O3. The number of hydrogen-bond donors (Lipinski definition) is 0. The van der Waals surface area contributed by atoms with Gasteiger partial charge in [0, 0.05) is 24.4 Å². The van der Waals surface area contributed by atoms with Gasteiger partial charge in [-0.2, -0.15) is 0 Å². The van der Waals surface area contributed by atoms with Crippen molar-refractivity contribution in [3.05, 3.63) is 70.3 Å². The average molecular weight is 337 g/mol. The van der Waals surface area contributed by atoms with E-state index in [0.29, 0.717) is 6.42 Å². The average Bonchev–Trinajstić information content (AvgIpc) is 3.18. The second kappa shape index (κ2) is 6.29. The third kappa shape index (κ3) is 2.78. The van der Waals surface area contributed by atoms with Crippen LogP contribution in [0.1, 0.15) is 18.4 Å². The molecule has 2 saturated heterocycles. The van der Waals surface area contributed by atoms with Gasteiger partial charge >= 0.3 is 0 Å². The van der Waals surface area contributed by atoms with Crippen molar-refractivity contribution >= 4 is 17.3 Å². The Kier molecular flexibility index (Phi) is 3.97. The molecule has 0 spiro atoms. The molecule has 128 valence electrons. The number of non-ortho nitro benzene ring substituents is 1. The number of hydrogen-bond acceptors (Lipinski definition) is 4. The summed E-state index contributed by atoms with van der Waals surface area (Å²) in [7, 11) is 0. The number of carbonyl (C=O) groups is 1. The molecule has 2 heterocycles. The van der Waals surface area contributed by atoms with E-state index in [9.17, 15) is 14.9 Å². The van der Waals surface area contributed by atoms with Crippen LogP contribution in [-0.4, -0.2) is 34.5 Å². The van der Waals surface area contributed by atoms with Crippen molar-refractivity contribution in [2.75, 3.05) is 11.4 Å². The van der Waals surface area contributed by atoms with E-state index in [1.165, 1.54) is 12.1 Å². The number of nitrogens with zero attached hydrogens (tertiary/aromatic N) is 3. The second-order valence-corrected chi connectivity index (χ2v) is 6.55. The highest BCUT2D eigenvalue weighted by molar-refractivity contribution is 6.00. The summed E-state index contributed by atoms with van der Waals surface area (Å²) in [6.07, 6.45) is 2.75. The van der Waals surface area contributed by atoms with Crippen LogP contribution < -0.4 is 4.90 Å². The fourth-order valence-corrected chi connectivity index (χ4v) is 3.94. The van der Waals surface area contributed by atoms with Crippen LogP contribution in [0.25, 0.3) is 0 Å². The highest BCUT2D eigenvalue weighted by atomic mass is 16.6. The monoisotopic (exact) mass is 337 g/mol. The van der Waals surface area contributed by atoms with Crippen molar-refractivity contribution < 1.29 is 9.72 Å². The van der Waals surface area contributed by atoms with Gasteiger partial charge in [-0.15, -0.1) is 0 Å². The molecule has 25 heavy (non-hydrogen) atoms. The molecule has 0 aromatic heterocycles. The smallest absolute Gasteiger partial charge is 0.269 e. The predicted molar refractivity (Wildman–Crippen MR) is 94.2 cm³/mol. The first-order valence-electron chi connectivity index (χ1n) is 8.52. The molecule has 0 saturated carbocycles. The van der Waals surface area contributed by atoms with Gasteiger partial charge in [-0.25, -0.2) is 0 Å². The maximum atomic E-state index is 13.1. The summed E-state index contributed by atoms with van der Waals surface area (Å²) in [6, 6.07) is 16.2. The largest absolute Gasteiger partial charge is 0.295 e. The molecular weight excluding hydrogens is 318 g/mol. The van der Waals surface area contributed by atoms with Crippen LogP contribution in [0.15, 0.2) is 54.6 Å². The first-order valence-corrected chi connectivity index (χ1v) is 8.52. The zero-order chi connectivity index (χ0) is 17.4. The maximum absolute atomic E-state index is 13.1. The summed E-state index contributed by atoms with van der Waals surface area (Å²) in [5.74, 6) is 0.0856. The Morgan fingerprint density at radius 2 is 1.80 bits per heavy atom. The minimum absolute atomic E-state index is 0.0412. The van der Waals surface area contributed by atoms with Gasteiger partial charge in [-0.1, -0.05) is 30.3 Å². The zero-order valence-electron chi connectivity index (χ0n) is 13.7. The zero-order valence-corrected chi connectivity index (χ0v) is 13.7. The minimum atomic E-state index is -0.421. The van der Waals surface area contributed by atoms with Crippen molar-refractivity contribution in [2.45, 2.75) is 31.5 Å². The molecule has 2 atom stereocenters. The highest BCUT2D eigenvalue weighted by Gasteiger charge is 2.48. The SMILES string of the molecule is O=C1C(Cc2ccccc2)N2CCCC2N1c1ccc([N+](=O)[O-])cc1. The number of anilines is 1. The first kappa shape index (κ1) is 15.8. The fourth-order valence-electron chi connectivity index (χ4n) is 3.94. The van der Waals surface area contributed by atoms with Crippen LogP contribution in [-0.2, 0) is 11.2 Å². The van der Waals surface area contributed by atoms with Crippen molar-refractivity contribution in [1.82, 2.24) is 4.90 Å². The lowest BCUT2D eigenvalue weighted by atomic mass is 10.0. The Balaban J connectivity index is 1.62. The maximum Gasteiger partial charge on any atom is 0.269 e. The summed E-state index contributed by atoms with van der Waals surface area (Å²) in [5, 5.41) is 10.9. The second-order valence-electron chi connectivity index (χ2n) is 6.55. The number of nitro benzene ring substituents is 1. The number of rotatable bonds is 4. The molecule has 4 rings (SSSR count). The molecule has 0 aliphatic carbocycles. The third-order valence-electron chi connectivity index (χ3n) is 5.09. The summed E-state index contributed by atoms with van der Waals surface area (Å²) in [6.45, 7) is 0.914. The first-order chi connectivity index (χ1) is 12.1. The number of fused-ring (bicyclic) bond motifs is 1. The normalized spacial score (nSPS) is 23.0.